The number of carbonyl (C=O) groups excluding carboxylic acids is 3. The van der Waals surface area contributed by atoms with Crippen molar-refractivity contribution in [2.75, 3.05) is 0 Å². The molecule has 1 aliphatic heterocycles. The number of carbonyl (C=O) groups is 3. The van der Waals surface area contributed by atoms with Crippen LogP contribution >= 0.6 is 27.7 Å². The maximum atomic E-state index is 12.7. The summed E-state index contributed by atoms with van der Waals surface area (Å²) in [6.45, 7) is 4.04. The first-order chi connectivity index (χ1) is 14.8. The lowest BCUT2D eigenvalue weighted by Gasteiger charge is -2.16. The second kappa shape index (κ2) is 8.76. The fourth-order valence-electron chi connectivity index (χ4n) is 3.42. The van der Waals surface area contributed by atoms with Crippen LogP contribution in [0.2, 0.25) is 0 Å². The molecule has 160 valence electrons. The first-order valence-electron chi connectivity index (χ1n) is 9.68. The molecular weight excluding hydrogens is 482 g/mol. The number of nitrogens with zero attached hydrogens (tertiary/aromatic N) is 2. The molecule has 0 saturated carbocycles. The van der Waals surface area contributed by atoms with Gasteiger partial charge in [0.1, 0.15) is 12.3 Å². The Morgan fingerprint density at radius 3 is 2.77 bits per heavy atom. The molecule has 1 N–H and O–H groups in total. The molecule has 2 aromatic heterocycles. The van der Waals surface area contributed by atoms with Crippen molar-refractivity contribution in [3.63, 3.8) is 0 Å². The first-order valence-corrected chi connectivity index (χ1v) is 11.3. The molecule has 0 unspecified atom stereocenters. The molecular formula is C22H20BrN3O4S. The zero-order chi connectivity index (χ0) is 22.1. The minimum absolute atomic E-state index is 0.111. The second-order valence-electron chi connectivity index (χ2n) is 7.38. The van der Waals surface area contributed by atoms with Gasteiger partial charge in [-0.15, -0.1) is 0 Å². The van der Waals surface area contributed by atoms with Crippen LogP contribution in [0.15, 0.2) is 56.6 Å². The van der Waals surface area contributed by atoms with E-state index in [0.717, 1.165) is 32.7 Å². The Morgan fingerprint density at radius 2 is 2.10 bits per heavy atom. The van der Waals surface area contributed by atoms with Crippen molar-refractivity contribution < 1.29 is 18.8 Å². The van der Waals surface area contributed by atoms with Gasteiger partial charge in [-0.1, -0.05) is 15.9 Å². The quantitative estimate of drug-likeness (QED) is 0.492. The zero-order valence-electron chi connectivity index (χ0n) is 16.9. The third-order valence-electron chi connectivity index (χ3n) is 4.85. The summed E-state index contributed by atoms with van der Waals surface area (Å²) in [4.78, 5) is 39.0. The van der Waals surface area contributed by atoms with Gasteiger partial charge in [-0.05, 0) is 62.0 Å². The maximum Gasteiger partial charge on any atom is 0.293 e. The van der Waals surface area contributed by atoms with E-state index in [9.17, 15) is 14.4 Å². The highest BCUT2D eigenvalue weighted by Crippen LogP contribution is 2.35. The molecule has 3 amide bonds. The average Bonchev–Trinajstić information content (AvgIpc) is 3.40. The van der Waals surface area contributed by atoms with Crippen molar-refractivity contribution in [2.24, 2.45) is 0 Å². The number of furan rings is 1. The van der Waals surface area contributed by atoms with Crippen LogP contribution in [-0.4, -0.2) is 32.6 Å². The van der Waals surface area contributed by atoms with Gasteiger partial charge in [0.25, 0.3) is 11.1 Å². The van der Waals surface area contributed by atoms with E-state index in [2.05, 4.69) is 21.2 Å². The highest BCUT2D eigenvalue weighted by atomic mass is 79.9. The van der Waals surface area contributed by atoms with Gasteiger partial charge in [-0.2, -0.15) is 0 Å². The Kier molecular flexibility index (Phi) is 6.06. The average molecular weight is 502 g/mol. The summed E-state index contributed by atoms with van der Waals surface area (Å²) >= 11 is 4.42. The van der Waals surface area contributed by atoms with Crippen molar-refractivity contribution >= 4 is 61.7 Å². The van der Waals surface area contributed by atoms with Crippen LogP contribution in [0.4, 0.5) is 4.79 Å². The van der Waals surface area contributed by atoms with Crippen LogP contribution < -0.4 is 5.32 Å². The highest BCUT2D eigenvalue weighted by molar-refractivity contribution is 9.10. The summed E-state index contributed by atoms with van der Waals surface area (Å²) in [6, 6.07) is 9.11. The van der Waals surface area contributed by atoms with Gasteiger partial charge in [0, 0.05) is 33.2 Å². The Morgan fingerprint density at radius 1 is 1.29 bits per heavy atom. The Hall–Kier alpha value is -2.78. The van der Waals surface area contributed by atoms with E-state index in [1.807, 2.05) is 42.8 Å². The van der Waals surface area contributed by atoms with Gasteiger partial charge in [-0.3, -0.25) is 19.3 Å². The molecule has 0 aliphatic carbocycles. The lowest BCUT2D eigenvalue weighted by atomic mass is 10.1. The van der Waals surface area contributed by atoms with Gasteiger partial charge < -0.3 is 14.3 Å². The molecule has 3 aromatic rings. The number of rotatable bonds is 6. The molecule has 1 fully saturated rings. The maximum absolute atomic E-state index is 12.7. The van der Waals surface area contributed by atoms with Crippen molar-refractivity contribution in [1.82, 2.24) is 14.8 Å². The Balaban J connectivity index is 1.63. The monoisotopic (exact) mass is 501 g/mol. The number of hydrogen-bond donors (Lipinski definition) is 1. The van der Waals surface area contributed by atoms with Crippen LogP contribution in [-0.2, 0) is 22.7 Å². The Bertz CT molecular complexity index is 1200. The van der Waals surface area contributed by atoms with Crippen LogP contribution in [0, 0.1) is 0 Å². The number of hydrogen-bond acceptors (Lipinski definition) is 5. The van der Waals surface area contributed by atoms with Gasteiger partial charge in [0.2, 0.25) is 5.91 Å². The smallest absolute Gasteiger partial charge is 0.293 e. The lowest BCUT2D eigenvalue weighted by Crippen LogP contribution is -2.34. The van der Waals surface area contributed by atoms with E-state index >= 15 is 0 Å². The topological polar surface area (TPSA) is 84.6 Å². The number of benzene rings is 1. The minimum atomic E-state index is -0.294. The summed E-state index contributed by atoms with van der Waals surface area (Å²) in [7, 11) is 0. The summed E-state index contributed by atoms with van der Waals surface area (Å²) in [6.07, 6.45) is 5.11. The molecule has 0 radical (unpaired) electrons. The van der Waals surface area contributed by atoms with Crippen LogP contribution in [0.25, 0.3) is 17.0 Å². The van der Waals surface area contributed by atoms with Gasteiger partial charge in [0.15, 0.2) is 0 Å². The number of halogens is 1. The summed E-state index contributed by atoms with van der Waals surface area (Å²) < 4.78 is 7.95. The second-order valence-corrected chi connectivity index (χ2v) is 9.28. The summed E-state index contributed by atoms with van der Waals surface area (Å²) in [5, 5.41) is 3.44. The third-order valence-corrected chi connectivity index (χ3v) is 6.23. The zero-order valence-corrected chi connectivity index (χ0v) is 19.3. The number of amides is 3. The van der Waals surface area contributed by atoms with E-state index in [1.165, 1.54) is 4.90 Å². The van der Waals surface area contributed by atoms with Crippen molar-refractivity contribution in [3.8, 4) is 0 Å². The molecule has 0 bridgehead atoms. The van der Waals surface area contributed by atoms with Crippen molar-refractivity contribution in [1.29, 1.82) is 0 Å². The Labute approximate surface area is 191 Å². The standard InChI is InChI=1S/C22H20BrN3O4S/c1-13(2)26-21(28)19(31-22(26)29)8-14-11-25(18-6-5-15(23)9-17(14)18)12-20(27)24-10-16-4-3-7-30-16/h3-9,11,13H,10,12H2,1-2H3,(H,24,27)/b19-8-. The van der Waals surface area contributed by atoms with Gasteiger partial charge in [-0.25, -0.2) is 0 Å². The molecule has 1 saturated heterocycles. The number of thioether (sulfide) groups is 1. The van der Waals surface area contributed by atoms with Crippen molar-refractivity contribution in [2.45, 2.75) is 33.0 Å². The molecule has 31 heavy (non-hydrogen) atoms. The number of nitrogens with one attached hydrogen (secondary N) is 1. The van der Waals surface area contributed by atoms with E-state index in [1.54, 1.807) is 24.5 Å². The molecule has 9 heteroatoms. The minimum Gasteiger partial charge on any atom is -0.467 e. The molecule has 0 spiro atoms. The fourth-order valence-corrected chi connectivity index (χ4v) is 4.73. The third kappa shape index (κ3) is 4.47. The highest BCUT2D eigenvalue weighted by Gasteiger charge is 2.36. The van der Waals surface area contributed by atoms with E-state index < -0.39 is 0 Å². The molecule has 1 aliphatic rings. The van der Waals surface area contributed by atoms with E-state index in [-0.39, 0.29) is 29.6 Å². The fraction of sp³-hybridized carbons (Fsp3) is 0.227. The van der Waals surface area contributed by atoms with Crippen LogP contribution in [0.1, 0.15) is 25.2 Å². The lowest BCUT2D eigenvalue weighted by molar-refractivity contribution is -0.124. The first kappa shape index (κ1) is 21.5. The number of aromatic nitrogens is 1. The van der Waals surface area contributed by atoms with Gasteiger partial charge >= 0.3 is 0 Å². The predicted octanol–water partition coefficient (Wildman–Crippen LogP) is 4.76. The molecule has 0 atom stereocenters. The molecule has 4 rings (SSSR count). The summed E-state index contributed by atoms with van der Waals surface area (Å²) in [5.74, 6) is 0.219. The number of fused-ring (bicyclic) bond motifs is 1. The number of imide groups is 1. The van der Waals surface area contributed by atoms with Crippen LogP contribution in [0.5, 0.6) is 0 Å². The van der Waals surface area contributed by atoms with Gasteiger partial charge in [0.05, 0.1) is 17.7 Å². The molecule has 7 nitrogen and oxygen atoms in total. The van der Waals surface area contributed by atoms with E-state index in [0.29, 0.717) is 17.2 Å². The normalized spacial score (nSPS) is 15.6. The largest absolute Gasteiger partial charge is 0.467 e. The SMILES string of the molecule is CC(C)N1C(=O)S/C(=C\c2cn(CC(=O)NCc3ccco3)c3ccc(Br)cc23)C1=O. The van der Waals surface area contributed by atoms with Crippen LogP contribution in [0.3, 0.4) is 0 Å². The van der Waals surface area contributed by atoms with E-state index in [4.69, 9.17) is 4.42 Å². The summed E-state index contributed by atoms with van der Waals surface area (Å²) in [5.41, 5.74) is 1.62. The predicted molar refractivity (Wildman–Crippen MR) is 123 cm³/mol. The molecule has 3 heterocycles. The molecule has 1 aromatic carbocycles. The van der Waals surface area contributed by atoms with Crippen molar-refractivity contribution in [3.05, 3.63) is 63.5 Å².